The first-order valence-corrected chi connectivity index (χ1v) is 7.16. The third-order valence-electron chi connectivity index (χ3n) is 3.10. The molecule has 1 amide bonds. The van der Waals surface area contributed by atoms with Crippen molar-refractivity contribution in [2.45, 2.75) is 0 Å². The number of amides is 1. The molecule has 102 valence electrons. The molecule has 20 heavy (non-hydrogen) atoms. The van der Waals surface area contributed by atoms with Crippen LogP contribution in [0.15, 0.2) is 41.8 Å². The zero-order chi connectivity index (χ0) is 14.1. The number of aromatic nitrogens is 1. The topological polar surface area (TPSA) is 48.1 Å². The standard InChI is InChI=1S/C15H15N3OS/c1-18(2)11-5-3-4-10(8-11)16-15(19)13-9-14-12(17-13)6-7-20-14/h3-9,17H,1-2H3,(H,16,19). The van der Waals surface area contributed by atoms with Crippen molar-refractivity contribution in [1.29, 1.82) is 0 Å². The van der Waals surface area contributed by atoms with Crippen molar-refractivity contribution in [3.63, 3.8) is 0 Å². The summed E-state index contributed by atoms with van der Waals surface area (Å²) >= 11 is 1.62. The van der Waals surface area contributed by atoms with Crippen LogP contribution in [-0.4, -0.2) is 25.0 Å². The molecule has 0 atom stereocenters. The zero-order valence-electron chi connectivity index (χ0n) is 11.3. The van der Waals surface area contributed by atoms with Crippen molar-refractivity contribution in [3.8, 4) is 0 Å². The number of aromatic amines is 1. The third-order valence-corrected chi connectivity index (χ3v) is 3.97. The van der Waals surface area contributed by atoms with Crippen molar-refractivity contribution < 1.29 is 4.79 Å². The van der Waals surface area contributed by atoms with Gasteiger partial charge in [0.15, 0.2) is 0 Å². The number of hydrogen-bond donors (Lipinski definition) is 2. The number of fused-ring (bicyclic) bond motifs is 1. The van der Waals surface area contributed by atoms with Crippen molar-refractivity contribution in [3.05, 3.63) is 47.5 Å². The first kappa shape index (κ1) is 12.7. The van der Waals surface area contributed by atoms with Crippen molar-refractivity contribution in [2.24, 2.45) is 0 Å². The zero-order valence-corrected chi connectivity index (χ0v) is 12.1. The average Bonchev–Trinajstić information content (AvgIpc) is 2.99. The number of benzene rings is 1. The van der Waals surface area contributed by atoms with Crippen molar-refractivity contribution >= 4 is 38.8 Å². The van der Waals surface area contributed by atoms with E-state index in [-0.39, 0.29) is 5.91 Å². The van der Waals surface area contributed by atoms with Crippen molar-refractivity contribution in [1.82, 2.24) is 4.98 Å². The molecule has 0 unspecified atom stereocenters. The summed E-state index contributed by atoms with van der Waals surface area (Å²) in [5, 5.41) is 4.92. The second kappa shape index (κ2) is 5.02. The molecule has 2 N–H and O–H groups in total. The largest absolute Gasteiger partial charge is 0.378 e. The highest BCUT2D eigenvalue weighted by Crippen LogP contribution is 2.22. The van der Waals surface area contributed by atoms with E-state index in [0.717, 1.165) is 21.6 Å². The molecule has 2 heterocycles. The summed E-state index contributed by atoms with van der Waals surface area (Å²) in [4.78, 5) is 17.3. The second-order valence-corrected chi connectivity index (χ2v) is 5.73. The van der Waals surface area contributed by atoms with Gasteiger partial charge in [-0.1, -0.05) is 6.07 Å². The maximum atomic E-state index is 12.2. The summed E-state index contributed by atoms with van der Waals surface area (Å²) in [6.45, 7) is 0. The monoisotopic (exact) mass is 285 g/mol. The van der Waals surface area contributed by atoms with E-state index in [1.807, 2.05) is 60.8 Å². The molecule has 0 radical (unpaired) electrons. The van der Waals surface area contributed by atoms with Crippen LogP contribution in [0.3, 0.4) is 0 Å². The van der Waals surface area contributed by atoms with Gasteiger partial charge in [0, 0.05) is 25.5 Å². The molecule has 0 fully saturated rings. The number of rotatable bonds is 3. The van der Waals surface area contributed by atoms with Gasteiger partial charge in [-0.2, -0.15) is 0 Å². The first-order chi connectivity index (χ1) is 9.63. The molecular weight excluding hydrogens is 270 g/mol. The summed E-state index contributed by atoms with van der Waals surface area (Å²) in [6, 6.07) is 11.6. The molecule has 0 spiro atoms. The fourth-order valence-corrected chi connectivity index (χ4v) is 2.81. The van der Waals surface area contributed by atoms with Crippen LogP contribution < -0.4 is 10.2 Å². The lowest BCUT2D eigenvalue weighted by Gasteiger charge is -2.13. The van der Waals surface area contributed by atoms with Crippen LogP contribution >= 0.6 is 11.3 Å². The SMILES string of the molecule is CN(C)c1cccc(NC(=O)c2cc3sccc3[nH]2)c1. The summed E-state index contributed by atoms with van der Waals surface area (Å²) in [7, 11) is 3.94. The Morgan fingerprint density at radius 2 is 2.10 bits per heavy atom. The maximum absolute atomic E-state index is 12.2. The highest BCUT2D eigenvalue weighted by Gasteiger charge is 2.10. The van der Waals surface area contributed by atoms with E-state index in [4.69, 9.17) is 0 Å². The Hall–Kier alpha value is -2.27. The van der Waals surface area contributed by atoms with Gasteiger partial charge >= 0.3 is 0 Å². The summed E-state index contributed by atoms with van der Waals surface area (Å²) in [6.07, 6.45) is 0. The number of carbonyl (C=O) groups is 1. The fourth-order valence-electron chi connectivity index (χ4n) is 2.03. The number of H-pyrrole nitrogens is 1. The van der Waals surface area contributed by atoms with E-state index in [0.29, 0.717) is 5.69 Å². The van der Waals surface area contributed by atoms with Gasteiger partial charge in [-0.3, -0.25) is 4.79 Å². The van der Waals surface area contributed by atoms with Gasteiger partial charge in [0.2, 0.25) is 0 Å². The number of thiophene rings is 1. The highest BCUT2D eigenvalue weighted by molar-refractivity contribution is 7.17. The molecule has 5 heteroatoms. The van der Waals surface area contributed by atoms with Gasteiger partial charge in [0.1, 0.15) is 5.69 Å². The van der Waals surface area contributed by atoms with Crippen LogP contribution in [0.2, 0.25) is 0 Å². The van der Waals surface area contributed by atoms with E-state index in [1.54, 1.807) is 11.3 Å². The van der Waals surface area contributed by atoms with Crippen LogP contribution in [0.4, 0.5) is 11.4 Å². The summed E-state index contributed by atoms with van der Waals surface area (Å²) in [5.74, 6) is -0.121. The Labute approximate surface area is 121 Å². The first-order valence-electron chi connectivity index (χ1n) is 6.28. The van der Waals surface area contributed by atoms with Crippen molar-refractivity contribution in [2.75, 3.05) is 24.3 Å². The number of anilines is 2. The van der Waals surface area contributed by atoms with E-state index in [9.17, 15) is 4.79 Å². The third kappa shape index (κ3) is 2.40. The quantitative estimate of drug-likeness (QED) is 0.773. The molecule has 0 aliphatic rings. The van der Waals surface area contributed by atoms with Crippen LogP contribution in [0.25, 0.3) is 10.2 Å². The Morgan fingerprint density at radius 1 is 1.25 bits per heavy atom. The van der Waals surface area contributed by atoms with Crippen LogP contribution in [-0.2, 0) is 0 Å². The Kier molecular flexibility index (Phi) is 3.20. The minimum Gasteiger partial charge on any atom is -0.378 e. The van der Waals surface area contributed by atoms with Gasteiger partial charge in [0.05, 0.1) is 10.2 Å². The summed E-state index contributed by atoms with van der Waals surface area (Å²) in [5.41, 5.74) is 3.43. The van der Waals surface area contributed by atoms with E-state index in [2.05, 4.69) is 10.3 Å². The van der Waals surface area contributed by atoms with Gasteiger partial charge < -0.3 is 15.2 Å². The minimum absolute atomic E-state index is 0.121. The Balaban J connectivity index is 1.81. The molecule has 0 aliphatic carbocycles. The lowest BCUT2D eigenvalue weighted by Crippen LogP contribution is -2.13. The maximum Gasteiger partial charge on any atom is 0.272 e. The molecule has 0 aliphatic heterocycles. The average molecular weight is 285 g/mol. The fraction of sp³-hybridized carbons (Fsp3) is 0.133. The molecule has 0 bridgehead atoms. The minimum atomic E-state index is -0.121. The highest BCUT2D eigenvalue weighted by atomic mass is 32.1. The van der Waals surface area contributed by atoms with Gasteiger partial charge in [0.25, 0.3) is 5.91 Å². The molecule has 3 aromatic rings. The molecule has 3 rings (SSSR count). The number of nitrogens with one attached hydrogen (secondary N) is 2. The van der Waals surface area contributed by atoms with Crippen LogP contribution in [0.5, 0.6) is 0 Å². The van der Waals surface area contributed by atoms with Gasteiger partial charge in [-0.05, 0) is 35.7 Å². The molecular formula is C15H15N3OS. The molecule has 4 nitrogen and oxygen atoms in total. The van der Waals surface area contributed by atoms with E-state index < -0.39 is 0 Å². The van der Waals surface area contributed by atoms with E-state index >= 15 is 0 Å². The molecule has 0 saturated carbocycles. The number of carbonyl (C=O) groups excluding carboxylic acids is 1. The van der Waals surface area contributed by atoms with Gasteiger partial charge in [-0.15, -0.1) is 11.3 Å². The molecule has 2 aromatic heterocycles. The van der Waals surface area contributed by atoms with E-state index in [1.165, 1.54) is 0 Å². The number of nitrogens with zero attached hydrogens (tertiary/aromatic N) is 1. The predicted molar refractivity (Wildman–Crippen MR) is 84.9 cm³/mol. The summed E-state index contributed by atoms with van der Waals surface area (Å²) < 4.78 is 1.09. The Morgan fingerprint density at radius 3 is 2.85 bits per heavy atom. The lowest BCUT2D eigenvalue weighted by atomic mass is 10.2. The smallest absolute Gasteiger partial charge is 0.272 e. The molecule has 1 aromatic carbocycles. The lowest BCUT2D eigenvalue weighted by molar-refractivity contribution is 0.102. The van der Waals surface area contributed by atoms with Crippen LogP contribution in [0.1, 0.15) is 10.5 Å². The number of hydrogen-bond acceptors (Lipinski definition) is 3. The predicted octanol–water partition coefficient (Wildman–Crippen LogP) is 3.55. The second-order valence-electron chi connectivity index (χ2n) is 4.78. The Bertz CT molecular complexity index is 729. The van der Waals surface area contributed by atoms with Gasteiger partial charge in [-0.25, -0.2) is 0 Å². The molecule has 0 saturated heterocycles. The van der Waals surface area contributed by atoms with Crippen LogP contribution in [0, 0.1) is 0 Å². The normalized spacial score (nSPS) is 10.7.